The smallest absolute Gasteiger partial charge is 0.258 e. The van der Waals surface area contributed by atoms with Crippen LogP contribution in [0.25, 0.3) is 0 Å². The van der Waals surface area contributed by atoms with E-state index in [-0.39, 0.29) is 24.5 Å². The molecule has 1 unspecified atom stereocenters. The Kier molecular flexibility index (Phi) is 4.01. The molecule has 1 aliphatic heterocycles. The highest BCUT2D eigenvalue weighted by atomic mass is 35.5. The molecule has 2 N–H and O–H groups in total. The van der Waals surface area contributed by atoms with Gasteiger partial charge in [-0.15, -0.1) is 0 Å². The lowest BCUT2D eigenvalue weighted by atomic mass is 10.1. The van der Waals surface area contributed by atoms with Crippen LogP contribution < -0.4 is 5.32 Å². The second-order valence-electron chi connectivity index (χ2n) is 4.30. The van der Waals surface area contributed by atoms with Crippen molar-refractivity contribution in [3.63, 3.8) is 0 Å². The monoisotopic (exact) mass is 286 g/mol. The van der Waals surface area contributed by atoms with E-state index in [9.17, 15) is 14.0 Å². The van der Waals surface area contributed by atoms with Crippen LogP contribution >= 0.6 is 11.6 Å². The van der Waals surface area contributed by atoms with Gasteiger partial charge in [-0.2, -0.15) is 0 Å². The van der Waals surface area contributed by atoms with Gasteiger partial charge in [0.25, 0.3) is 5.91 Å². The summed E-state index contributed by atoms with van der Waals surface area (Å²) < 4.78 is 13.1. The molecule has 0 bridgehead atoms. The first-order chi connectivity index (χ1) is 8.97. The van der Waals surface area contributed by atoms with Crippen molar-refractivity contribution in [1.82, 2.24) is 10.4 Å². The summed E-state index contributed by atoms with van der Waals surface area (Å²) in [6, 6.07) is 3.94. The number of amides is 2. The van der Waals surface area contributed by atoms with Crippen LogP contribution in [0.2, 0.25) is 5.02 Å². The largest absolute Gasteiger partial charge is 0.351 e. The number of hydrogen-bond donors (Lipinski definition) is 2. The van der Waals surface area contributed by atoms with Crippen molar-refractivity contribution in [2.75, 3.05) is 6.54 Å². The van der Waals surface area contributed by atoms with Crippen LogP contribution in [0, 0.1) is 11.7 Å². The number of benzene rings is 1. The molecule has 5 nitrogen and oxygen atoms in total. The highest BCUT2D eigenvalue weighted by Crippen LogP contribution is 2.17. The van der Waals surface area contributed by atoms with Gasteiger partial charge in [0.2, 0.25) is 5.91 Å². The lowest BCUT2D eigenvalue weighted by Gasteiger charge is -2.10. The number of nitrogens with one attached hydrogen (secondary N) is 1. The van der Waals surface area contributed by atoms with Gasteiger partial charge < -0.3 is 5.32 Å². The van der Waals surface area contributed by atoms with E-state index in [0.29, 0.717) is 10.6 Å². The van der Waals surface area contributed by atoms with Crippen molar-refractivity contribution in [1.29, 1.82) is 0 Å². The van der Waals surface area contributed by atoms with Crippen molar-refractivity contribution >= 4 is 23.4 Å². The van der Waals surface area contributed by atoms with E-state index >= 15 is 0 Å². The highest BCUT2D eigenvalue weighted by Gasteiger charge is 2.36. The minimum absolute atomic E-state index is 0.0749. The van der Waals surface area contributed by atoms with Gasteiger partial charge in [0.1, 0.15) is 11.7 Å². The highest BCUT2D eigenvalue weighted by molar-refractivity contribution is 6.30. The summed E-state index contributed by atoms with van der Waals surface area (Å²) in [5.74, 6) is -2.47. The molecule has 0 radical (unpaired) electrons. The summed E-state index contributed by atoms with van der Waals surface area (Å²) in [5, 5.41) is 12.4. The number of carbonyl (C=O) groups excluding carboxylic acids is 2. The molecule has 1 saturated heterocycles. The fraction of sp³-hybridized carbons (Fsp3) is 0.333. The number of rotatable bonds is 3. The number of halogens is 2. The number of hydrogen-bond acceptors (Lipinski definition) is 3. The standard InChI is InChI=1S/C12H12ClFN2O3/c13-8-3-7(4-9(14)5-8)6-15-11(17)10-1-2-16(19)12(10)18/h3-5,10,19H,1-2,6H2,(H,15,17). The first kappa shape index (κ1) is 13.8. The maximum Gasteiger partial charge on any atom is 0.258 e. The van der Waals surface area contributed by atoms with E-state index in [2.05, 4.69) is 5.32 Å². The van der Waals surface area contributed by atoms with Crippen molar-refractivity contribution in [2.24, 2.45) is 5.92 Å². The average molecular weight is 287 g/mol. The van der Waals surface area contributed by atoms with E-state index in [1.807, 2.05) is 0 Å². The molecule has 0 saturated carbocycles. The van der Waals surface area contributed by atoms with Crippen LogP contribution in [0.1, 0.15) is 12.0 Å². The molecule has 1 aromatic carbocycles. The van der Waals surface area contributed by atoms with Crippen LogP contribution in [0.5, 0.6) is 0 Å². The number of carbonyl (C=O) groups is 2. The fourth-order valence-electron chi connectivity index (χ4n) is 1.93. The Morgan fingerprint density at radius 1 is 1.53 bits per heavy atom. The Hall–Kier alpha value is -1.66. The van der Waals surface area contributed by atoms with Crippen LogP contribution in [0.15, 0.2) is 18.2 Å². The Morgan fingerprint density at radius 2 is 2.26 bits per heavy atom. The normalized spacial score (nSPS) is 18.8. The van der Waals surface area contributed by atoms with Crippen LogP contribution in [0.3, 0.4) is 0 Å². The molecule has 7 heteroatoms. The molecule has 1 atom stereocenters. The second kappa shape index (κ2) is 5.54. The number of nitrogens with zero attached hydrogens (tertiary/aromatic N) is 1. The first-order valence-corrected chi connectivity index (χ1v) is 6.08. The Labute approximate surface area is 113 Å². The van der Waals surface area contributed by atoms with E-state index in [0.717, 1.165) is 6.07 Å². The SMILES string of the molecule is O=C(NCc1cc(F)cc(Cl)c1)C1CCN(O)C1=O. The number of hydroxylamine groups is 2. The summed E-state index contributed by atoms with van der Waals surface area (Å²) in [5.41, 5.74) is 0.504. The maximum absolute atomic E-state index is 13.1. The van der Waals surface area contributed by atoms with Gasteiger partial charge in [-0.3, -0.25) is 14.8 Å². The third-order valence-corrected chi connectivity index (χ3v) is 3.11. The van der Waals surface area contributed by atoms with E-state index in [4.69, 9.17) is 16.8 Å². The molecule has 102 valence electrons. The lowest BCUT2D eigenvalue weighted by Crippen LogP contribution is -2.35. The van der Waals surface area contributed by atoms with Gasteiger partial charge in [0.15, 0.2) is 0 Å². The zero-order valence-electron chi connectivity index (χ0n) is 9.90. The van der Waals surface area contributed by atoms with E-state index in [1.54, 1.807) is 0 Å². The molecule has 1 aromatic rings. The first-order valence-electron chi connectivity index (χ1n) is 5.70. The van der Waals surface area contributed by atoms with Gasteiger partial charge in [0, 0.05) is 18.1 Å². The quantitative estimate of drug-likeness (QED) is 0.651. The molecule has 0 aliphatic carbocycles. The van der Waals surface area contributed by atoms with Gasteiger partial charge in [-0.1, -0.05) is 11.6 Å². The summed E-state index contributed by atoms with van der Waals surface area (Å²) in [6.07, 6.45) is 0.269. The molecule has 0 spiro atoms. The second-order valence-corrected chi connectivity index (χ2v) is 4.73. The molecular formula is C12H12ClFN2O3. The average Bonchev–Trinajstić information content (AvgIpc) is 2.66. The summed E-state index contributed by atoms with van der Waals surface area (Å²) in [6.45, 7) is 0.217. The molecule has 1 aliphatic rings. The third kappa shape index (κ3) is 3.21. The topological polar surface area (TPSA) is 69.6 Å². The van der Waals surface area contributed by atoms with Crippen molar-refractivity contribution in [3.8, 4) is 0 Å². The summed E-state index contributed by atoms with van der Waals surface area (Å²) in [4.78, 5) is 23.1. The van der Waals surface area contributed by atoms with Gasteiger partial charge in [-0.05, 0) is 30.2 Å². The molecule has 19 heavy (non-hydrogen) atoms. The summed E-state index contributed by atoms with van der Waals surface area (Å²) >= 11 is 5.69. The van der Waals surface area contributed by atoms with Crippen LogP contribution in [-0.4, -0.2) is 28.6 Å². The maximum atomic E-state index is 13.1. The summed E-state index contributed by atoms with van der Waals surface area (Å²) in [7, 11) is 0. The van der Waals surface area contributed by atoms with E-state index in [1.165, 1.54) is 12.1 Å². The van der Waals surface area contributed by atoms with Crippen LogP contribution in [-0.2, 0) is 16.1 Å². The van der Waals surface area contributed by atoms with Gasteiger partial charge in [0.05, 0.1) is 0 Å². The van der Waals surface area contributed by atoms with Crippen molar-refractivity contribution < 1.29 is 19.2 Å². The Balaban J connectivity index is 1.95. The van der Waals surface area contributed by atoms with Gasteiger partial charge >= 0.3 is 0 Å². The lowest BCUT2D eigenvalue weighted by molar-refractivity contribution is -0.161. The van der Waals surface area contributed by atoms with Gasteiger partial charge in [-0.25, -0.2) is 9.45 Å². The molecule has 1 fully saturated rings. The molecular weight excluding hydrogens is 275 g/mol. The fourth-order valence-corrected chi connectivity index (χ4v) is 2.18. The molecule has 2 amide bonds. The molecule has 2 rings (SSSR count). The Bertz CT molecular complexity index is 503. The van der Waals surface area contributed by atoms with Crippen molar-refractivity contribution in [2.45, 2.75) is 13.0 Å². The predicted octanol–water partition coefficient (Wildman–Crippen LogP) is 1.33. The molecule has 1 heterocycles. The van der Waals surface area contributed by atoms with Crippen LogP contribution in [0.4, 0.5) is 4.39 Å². The zero-order valence-corrected chi connectivity index (χ0v) is 10.7. The Morgan fingerprint density at radius 3 is 2.84 bits per heavy atom. The minimum atomic E-state index is -0.881. The van der Waals surface area contributed by atoms with E-state index < -0.39 is 23.5 Å². The third-order valence-electron chi connectivity index (χ3n) is 2.89. The predicted molar refractivity (Wildman–Crippen MR) is 64.9 cm³/mol. The minimum Gasteiger partial charge on any atom is -0.351 e. The molecule has 0 aromatic heterocycles. The van der Waals surface area contributed by atoms with Crippen molar-refractivity contribution in [3.05, 3.63) is 34.6 Å². The zero-order chi connectivity index (χ0) is 14.0.